The van der Waals surface area contributed by atoms with E-state index >= 15 is 0 Å². The number of benzene rings is 1. The molecule has 0 amide bonds. The fourth-order valence-electron chi connectivity index (χ4n) is 2.50. The van der Waals surface area contributed by atoms with Crippen LogP contribution in [0.2, 0.25) is 0 Å². The Hall–Kier alpha value is -1.57. The highest BCUT2D eigenvalue weighted by atomic mass is 16.1. The smallest absolute Gasteiger partial charge is 0.156 e. The number of rotatable bonds is 1. The summed E-state index contributed by atoms with van der Waals surface area (Å²) in [6.07, 6.45) is 2.56. The maximum absolute atomic E-state index is 11.2. The number of ketones is 1. The van der Waals surface area contributed by atoms with Gasteiger partial charge in [-0.05, 0) is 23.8 Å². The fourth-order valence-corrected chi connectivity index (χ4v) is 2.50. The molecule has 0 aromatic heterocycles. The van der Waals surface area contributed by atoms with Gasteiger partial charge in [-0.1, -0.05) is 18.2 Å². The molecule has 1 aliphatic carbocycles. The number of nitrogens with zero attached hydrogens (tertiary/aromatic N) is 1. The summed E-state index contributed by atoms with van der Waals surface area (Å²) in [6, 6.07) is 10.4. The van der Waals surface area contributed by atoms with Crippen molar-refractivity contribution in [1.82, 2.24) is 0 Å². The number of allylic oxidation sites excluding steroid dienone is 1. The highest BCUT2D eigenvalue weighted by molar-refractivity contribution is 5.94. The Bertz CT molecular complexity index is 421. The fraction of sp³-hybridized carbons (Fsp3) is 0.308. The molecule has 1 aliphatic heterocycles. The molecule has 15 heavy (non-hydrogen) atoms. The third kappa shape index (κ3) is 1.46. The molecule has 2 nitrogen and oxygen atoms in total. The van der Waals surface area contributed by atoms with Crippen LogP contribution in [0.5, 0.6) is 0 Å². The van der Waals surface area contributed by atoms with Gasteiger partial charge in [-0.25, -0.2) is 0 Å². The van der Waals surface area contributed by atoms with Crippen LogP contribution in [0.4, 0.5) is 5.69 Å². The van der Waals surface area contributed by atoms with Gasteiger partial charge in [-0.3, -0.25) is 4.79 Å². The monoisotopic (exact) mass is 199 g/mol. The molecular formula is C13H13NO. The summed E-state index contributed by atoms with van der Waals surface area (Å²) >= 11 is 0. The number of fused-ring (bicyclic) bond motifs is 1. The Balaban J connectivity index is 1.84. The average molecular weight is 199 g/mol. The van der Waals surface area contributed by atoms with Gasteiger partial charge in [0.2, 0.25) is 0 Å². The lowest BCUT2D eigenvalue weighted by atomic mass is 10.1. The number of hydrogen-bond acceptors (Lipinski definition) is 2. The standard InChI is InChI=1S/C13H13NO/c15-13-6-10-8-14(9-11(10)7-13)12-4-2-1-3-5-12/h1-6,11H,7-9H2/t11-/m1/s1. The van der Waals surface area contributed by atoms with E-state index in [9.17, 15) is 4.79 Å². The molecule has 1 aromatic rings. The van der Waals surface area contributed by atoms with E-state index in [-0.39, 0.29) is 0 Å². The van der Waals surface area contributed by atoms with Crippen molar-refractivity contribution >= 4 is 11.5 Å². The minimum Gasteiger partial charge on any atom is -0.367 e. The first-order valence-electron chi connectivity index (χ1n) is 5.36. The van der Waals surface area contributed by atoms with Gasteiger partial charge < -0.3 is 4.90 Å². The molecule has 1 fully saturated rings. The minimum atomic E-state index is 0.308. The zero-order valence-electron chi connectivity index (χ0n) is 8.52. The summed E-state index contributed by atoms with van der Waals surface area (Å²) in [5, 5.41) is 0. The molecule has 1 heterocycles. The molecule has 0 N–H and O–H groups in total. The van der Waals surface area contributed by atoms with Gasteiger partial charge in [-0.2, -0.15) is 0 Å². The van der Waals surface area contributed by atoms with Crippen molar-refractivity contribution in [3.05, 3.63) is 42.0 Å². The second-order valence-corrected chi connectivity index (χ2v) is 4.30. The minimum absolute atomic E-state index is 0.308. The van der Waals surface area contributed by atoms with Crippen LogP contribution in [0, 0.1) is 5.92 Å². The molecule has 0 radical (unpaired) electrons. The summed E-state index contributed by atoms with van der Waals surface area (Å²) in [5.41, 5.74) is 2.59. The maximum Gasteiger partial charge on any atom is 0.156 e. The van der Waals surface area contributed by atoms with Gasteiger partial charge in [0.05, 0.1) is 0 Å². The number of hydrogen-bond donors (Lipinski definition) is 0. The van der Waals surface area contributed by atoms with E-state index in [0.717, 1.165) is 19.5 Å². The SMILES string of the molecule is O=C1C=C2CN(c3ccccc3)C[C@H]2C1. The van der Waals surface area contributed by atoms with Crippen LogP contribution in [0.15, 0.2) is 42.0 Å². The van der Waals surface area contributed by atoms with Gasteiger partial charge in [0.25, 0.3) is 0 Å². The van der Waals surface area contributed by atoms with Gasteiger partial charge in [0.15, 0.2) is 5.78 Å². The van der Waals surface area contributed by atoms with Crippen molar-refractivity contribution < 1.29 is 4.79 Å². The Morgan fingerprint density at radius 1 is 1.20 bits per heavy atom. The lowest BCUT2D eigenvalue weighted by Crippen LogP contribution is -2.20. The van der Waals surface area contributed by atoms with Crippen molar-refractivity contribution in [2.24, 2.45) is 5.92 Å². The average Bonchev–Trinajstić information content (AvgIpc) is 2.76. The molecule has 0 unspecified atom stereocenters. The molecule has 2 aliphatic rings. The molecule has 1 atom stereocenters. The Labute approximate surface area is 89.2 Å². The third-order valence-corrected chi connectivity index (χ3v) is 3.25. The Morgan fingerprint density at radius 2 is 2.00 bits per heavy atom. The predicted molar refractivity (Wildman–Crippen MR) is 59.9 cm³/mol. The second-order valence-electron chi connectivity index (χ2n) is 4.30. The molecule has 0 saturated carbocycles. The Kier molecular flexibility index (Phi) is 1.88. The normalized spacial score (nSPS) is 24.3. The molecule has 0 bridgehead atoms. The van der Waals surface area contributed by atoms with Crippen LogP contribution >= 0.6 is 0 Å². The first kappa shape index (κ1) is 8.72. The van der Waals surface area contributed by atoms with Crippen molar-refractivity contribution in [2.45, 2.75) is 6.42 Å². The zero-order valence-corrected chi connectivity index (χ0v) is 8.52. The summed E-state index contributed by atoms with van der Waals surface area (Å²) in [7, 11) is 0. The quantitative estimate of drug-likeness (QED) is 0.689. The lowest BCUT2D eigenvalue weighted by molar-refractivity contribution is -0.114. The van der Waals surface area contributed by atoms with Gasteiger partial charge >= 0.3 is 0 Å². The van der Waals surface area contributed by atoms with E-state index in [1.807, 2.05) is 12.1 Å². The van der Waals surface area contributed by atoms with Crippen LogP contribution in [0.3, 0.4) is 0 Å². The molecule has 3 rings (SSSR count). The zero-order chi connectivity index (χ0) is 10.3. The predicted octanol–water partition coefficient (Wildman–Crippen LogP) is 2.02. The van der Waals surface area contributed by atoms with E-state index in [2.05, 4.69) is 29.2 Å². The number of carbonyl (C=O) groups is 1. The molecule has 2 heteroatoms. The van der Waals surface area contributed by atoms with Gasteiger partial charge in [-0.15, -0.1) is 0 Å². The van der Waals surface area contributed by atoms with E-state index in [1.54, 1.807) is 0 Å². The summed E-state index contributed by atoms with van der Waals surface area (Å²) in [4.78, 5) is 13.6. The molecule has 76 valence electrons. The van der Waals surface area contributed by atoms with Crippen molar-refractivity contribution in [2.75, 3.05) is 18.0 Å². The highest BCUT2D eigenvalue weighted by Crippen LogP contribution is 2.33. The van der Waals surface area contributed by atoms with Crippen LogP contribution in [-0.4, -0.2) is 18.9 Å². The molecule has 0 spiro atoms. The Morgan fingerprint density at radius 3 is 2.73 bits per heavy atom. The number of carbonyl (C=O) groups excluding carboxylic acids is 1. The van der Waals surface area contributed by atoms with Crippen molar-refractivity contribution in [3.8, 4) is 0 Å². The van der Waals surface area contributed by atoms with Gasteiger partial charge in [0.1, 0.15) is 0 Å². The third-order valence-electron chi connectivity index (χ3n) is 3.25. The van der Waals surface area contributed by atoms with E-state index in [1.165, 1.54) is 11.3 Å². The largest absolute Gasteiger partial charge is 0.367 e. The van der Waals surface area contributed by atoms with E-state index < -0.39 is 0 Å². The lowest BCUT2D eigenvalue weighted by Gasteiger charge is -2.17. The first-order valence-corrected chi connectivity index (χ1v) is 5.36. The van der Waals surface area contributed by atoms with Crippen molar-refractivity contribution in [3.63, 3.8) is 0 Å². The number of para-hydroxylation sites is 1. The summed E-state index contributed by atoms with van der Waals surface area (Å²) in [6.45, 7) is 1.93. The molecule has 1 aromatic carbocycles. The van der Waals surface area contributed by atoms with Crippen LogP contribution in [0.1, 0.15) is 6.42 Å². The van der Waals surface area contributed by atoms with E-state index in [4.69, 9.17) is 0 Å². The summed E-state index contributed by atoms with van der Waals surface area (Å²) < 4.78 is 0. The van der Waals surface area contributed by atoms with Crippen LogP contribution < -0.4 is 4.90 Å². The van der Waals surface area contributed by atoms with Crippen LogP contribution in [0.25, 0.3) is 0 Å². The second kappa shape index (κ2) is 3.23. The number of anilines is 1. The van der Waals surface area contributed by atoms with Crippen LogP contribution in [-0.2, 0) is 4.79 Å². The summed E-state index contributed by atoms with van der Waals surface area (Å²) in [5.74, 6) is 0.792. The van der Waals surface area contributed by atoms with Gasteiger partial charge in [0, 0.05) is 31.1 Å². The molecule has 1 saturated heterocycles. The topological polar surface area (TPSA) is 20.3 Å². The maximum atomic E-state index is 11.2. The highest BCUT2D eigenvalue weighted by Gasteiger charge is 2.33. The molecular weight excluding hydrogens is 186 g/mol. The first-order chi connectivity index (χ1) is 7.33. The van der Waals surface area contributed by atoms with E-state index in [0.29, 0.717) is 11.7 Å². The van der Waals surface area contributed by atoms with Crippen molar-refractivity contribution in [1.29, 1.82) is 0 Å².